The number of pyridine rings is 1. The topological polar surface area (TPSA) is 46.6 Å². The lowest BCUT2D eigenvalue weighted by atomic mass is 10.0. The lowest BCUT2D eigenvalue weighted by Gasteiger charge is -2.21. The third-order valence-electron chi connectivity index (χ3n) is 7.11. The van der Waals surface area contributed by atoms with Crippen LogP contribution in [0.2, 0.25) is 0 Å². The first-order chi connectivity index (χ1) is 15.1. The van der Waals surface area contributed by atoms with Crippen LogP contribution >= 0.6 is 0 Å². The molecule has 0 radical (unpaired) electrons. The lowest BCUT2D eigenvalue weighted by Crippen LogP contribution is -2.28. The summed E-state index contributed by atoms with van der Waals surface area (Å²) in [4.78, 5) is 7.62. The van der Waals surface area contributed by atoms with Crippen LogP contribution in [0.25, 0.3) is 10.9 Å². The van der Waals surface area contributed by atoms with Crippen LogP contribution in [0, 0.1) is 17.8 Å². The summed E-state index contributed by atoms with van der Waals surface area (Å²) in [5.74, 6) is 3.60. The number of benzene rings is 1. The molecule has 0 bridgehead atoms. The van der Waals surface area contributed by atoms with Gasteiger partial charge in [0.2, 0.25) is 0 Å². The molecule has 3 aliphatic rings. The molecule has 1 unspecified atom stereocenters. The molecule has 2 aromatic rings. The highest BCUT2D eigenvalue weighted by atomic mass is 16.5. The van der Waals surface area contributed by atoms with E-state index in [4.69, 9.17) is 14.5 Å². The van der Waals surface area contributed by atoms with Crippen molar-refractivity contribution in [2.24, 2.45) is 17.8 Å². The van der Waals surface area contributed by atoms with E-state index in [9.17, 15) is 0 Å². The molecule has 1 saturated heterocycles. The average molecular weight is 424 g/mol. The number of hydrogen-bond donors (Lipinski definition) is 1. The molecule has 2 fully saturated rings. The second kappa shape index (κ2) is 8.85. The van der Waals surface area contributed by atoms with E-state index in [1.54, 1.807) is 7.11 Å². The maximum absolute atomic E-state index is 6.28. The number of aromatic nitrogens is 1. The zero-order valence-corrected chi connectivity index (χ0v) is 19.4. The molecule has 5 nitrogen and oxygen atoms in total. The smallest absolute Gasteiger partial charge is 0.163 e. The highest BCUT2D eigenvalue weighted by molar-refractivity contribution is 5.96. The van der Waals surface area contributed by atoms with Crippen LogP contribution in [0.3, 0.4) is 0 Å². The molecule has 1 saturated carbocycles. The molecule has 2 heterocycles. The monoisotopic (exact) mass is 423 g/mol. The zero-order chi connectivity index (χ0) is 21.4. The Balaban J connectivity index is 1.40. The summed E-state index contributed by atoms with van der Waals surface area (Å²) in [5.41, 5.74) is 4.98. The van der Waals surface area contributed by atoms with Gasteiger partial charge in [0, 0.05) is 41.8 Å². The number of fused-ring (bicyclic) bond motifs is 2. The summed E-state index contributed by atoms with van der Waals surface area (Å²) in [7, 11) is 1.74. The van der Waals surface area contributed by atoms with Crippen molar-refractivity contribution in [3.05, 3.63) is 23.4 Å². The second-order valence-electron chi connectivity index (χ2n) is 10.2. The maximum atomic E-state index is 6.28. The van der Waals surface area contributed by atoms with Crippen LogP contribution in [0.1, 0.15) is 50.8 Å². The van der Waals surface area contributed by atoms with Gasteiger partial charge in [-0.15, -0.1) is 0 Å². The fraction of sp³-hybridized carbons (Fsp3) is 0.654. The highest BCUT2D eigenvalue weighted by Crippen LogP contribution is 2.41. The molecule has 2 aliphatic carbocycles. The summed E-state index contributed by atoms with van der Waals surface area (Å²) >= 11 is 0. The minimum atomic E-state index is 0.489. The molecule has 5 rings (SSSR count). The number of likely N-dealkylation sites (tertiary alicyclic amines) is 1. The van der Waals surface area contributed by atoms with E-state index < -0.39 is 0 Å². The fourth-order valence-electron chi connectivity index (χ4n) is 5.23. The first kappa shape index (κ1) is 20.9. The summed E-state index contributed by atoms with van der Waals surface area (Å²) < 4.78 is 12.0. The Labute approximate surface area is 186 Å². The molecular formula is C26H37N3O2. The normalized spacial score (nSPS) is 22.0. The van der Waals surface area contributed by atoms with E-state index in [-0.39, 0.29) is 0 Å². The number of nitrogens with zero attached hydrogens (tertiary/aromatic N) is 2. The van der Waals surface area contributed by atoms with Crippen LogP contribution in [-0.2, 0) is 12.8 Å². The summed E-state index contributed by atoms with van der Waals surface area (Å²) in [5, 5.41) is 4.96. The lowest BCUT2D eigenvalue weighted by molar-refractivity contribution is 0.201. The Morgan fingerprint density at radius 3 is 2.71 bits per heavy atom. The summed E-state index contributed by atoms with van der Waals surface area (Å²) in [6, 6.07) is 4.24. The van der Waals surface area contributed by atoms with Crippen LogP contribution < -0.4 is 14.8 Å². The van der Waals surface area contributed by atoms with Crippen molar-refractivity contribution in [3.8, 4) is 11.5 Å². The molecule has 168 valence electrons. The van der Waals surface area contributed by atoms with Crippen LogP contribution in [0.4, 0.5) is 5.69 Å². The molecule has 1 aromatic heterocycles. The van der Waals surface area contributed by atoms with Gasteiger partial charge in [0.1, 0.15) is 0 Å². The van der Waals surface area contributed by atoms with Crippen molar-refractivity contribution in [1.29, 1.82) is 0 Å². The predicted molar refractivity (Wildman–Crippen MR) is 126 cm³/mol. The minimum Gasteiger partial charge on any atom is -0.493 e. The zero-order valence-electron chi connectivity index (χ0n) is 19.4. The standard InChI is InChI=1S/C26H37N3O2/c1-17-10-20-22(11-17)28-23-13-25(31-16-18(2)15-29-8-4-5-9-29)24(30-3)12-21(23)26(20)27-14-19-6-7-19/h12-13,17-19H,4-11,14-16H2,1-3H3,(H,27,28)/t17?,18-/m1/s1. The van der Waals surface area contributed by atoms with E-state index >= 15 is 0 Å². The van der Waals surface area contributed by atoms with Gasteiger partial charge in [-0.1, -0.05) is 13.8 Å². The van der Waals surface area contributed by atoms with Crippen LogP contribution in [0.5, 0.6) is 11.5 Å². The van der Waals surface area contributed by atoms with Crippen molar-refractivity contribution < 1.29 is 9.47 Å². The molecule has 1 N–H and O–H groups in total. The number of methoxy groups -OCH3 is 1. The first-order valence-electron chi connectivity index (χ1n) is 12.2. The van der Waals surface area contributed by atoms with E-state index in [1.807, 2.05) is 0 Å². The van der Waals surface area contributed by atoms with Gasteiger partial charge < -0.3 is 19.7 Å². The number of ether oxygens (including phenoxy) is 2. The Morgan fingerprint density at radius 2 is 1.97 bits per heavy atom. The van der Waals surface area contributed by atoms with Crippen molar-refractivity contribution in [2.75, 3.05) is 45.2 Å². The Kier molecular flexibility index (Phi) is 5.96. The van der Waals surface area contributed by atoms with E-state index in [0.29, 0.717) is 18.4 Å². The average Bonchev–Trinajstić information content (AvgIpc) is 3.30. The van der Waals surface area contributed by atoms with Gasteiger partial charge in [0.05, 0.1) is 19.2 Å². The first-order valence-corrected chi connectivity index (χ1v) is 12.2. The van der Waals surface area contributed by atoms with E-state index in [1.165, 1.54) is 61.1 Å². The number of anilines is 1. The number of nitrogens with one attached hydrogen (secondary N) is 1. The van der Waals surface area contributed by atoms with Gasteiger partial charge in [0.15, 0.2) is 11.5 Å². The summed E-state index contributed by atoms with van der Waals surface area (Å²) in [6.07, 6.45) is 7.55. The molecule has 1 aromatic carbocycles. The molecular weight excluding hydrogens is 386 g/mol. The Bertz CT molecular complexity index is 934. The Morgan fingerprint density at radius 1 is 1.16 bits per heavy atom. The van der Waals surface area contributed by atoms with Crippen LogP contribution in [0.15, 0.2) is 12.1 Å². The number of hydrogen-bond acceptors (Lipinski definition) is 5. The Hall–Kier alpha value is -2.01. The van der Waals surface area contributed by atoms with Crippen molar-refractivity contribution in [2.45, 2.75) is 52.4 Å². The minimum absolute atomic E-state index is 0.489. The van der Waals surface area contributed by atoms with Crippen LogP contribution in [-0.4, -0.2) is 49.8 Å². The quantitative estimate of drug-likeness (QED) is 0.621. The third kappa shape index (κ3) is 4.62. The molecule has 0 spiro atoms. The van der Waals surface area contributed by atoms with Gasteiger partial charge in [0.25, 0.3) is 0 Å². The van der Waals surface area contributed by atoms with E-state index in [2.05, 4.69) is 36.2 Å². The van der Waals surface area contributed by atoms with Gasteiger partial charge in [-0.05, 0) is 75.1 Å². The highest BCUT2D eigenvalue weighted by Gasteiger charge is 2.27. The largest absolute Gasteiger partial charge is 0.493 e. The molecule has 0 amide bonds. The van der Waals surface area contributed by atoms with Crippen molar-refractivity contribution in [1.82, 2.24) is 9.88 Å². The van der Waals surface area contributed by atoms with Crippen molar-refractivity contribution in [3.63, 3.8) is 0 Å². The SMILES string of the molecule is COc1cc2c(NCC3CC3)c3c(nc2cc1OC[C@H](C)CN1CCCC1)CC(C)C3. The molecule has 1 aliphatic heterocycles. The molecule has 5 heteroatoms. The fourth-order valence-corrected chi connectivity index (χ4v) is 5.23. The second-order valence-corrected chi connectivity index (χ2v) is 10.2. The van der Waals surface area contributed by atoms with Gasteiger partial charge in [-0.25, -0.2) is 0 Å². The molecule has 31 heavy (non-hydrogen) atoms. The van der Waals surface area contributed by atoms with Gasteiger partial charge in [-0.3, -0.25) is 4.98 Å². The van der Waals surface area contributed by atoms with E-state index in [0.717, 1.165) is 48.9 Å². The van der Waals surface area contributed by atoms with Gasteiger partial charge >= 0.3 is 0 Å². The summed E-state index contributed by atoms with van der Waals surface area (Å²) in [6.45, 7) is 9.93. The molecule has 2 atom stereocenters. The van der Waals surface area contributed by atoms with Gasteiger partial charge in [-0.2, -0.15) is 0 Å². The number of rotatable bonds is 9. The predicted octanol–water partition coefficient (Wildman–Crippen LogP) is 4.91. The maximum Gasteiger partial charge on any atom is 0.163 e. The third-order valence-corrected chi connectivity index (χ3v) is 7.11. The van der Waals surface area contributed by atoms with Crippen molar-refractivity contribution >= 4 is 16.6 Å².